The van der Waals surface area contributed by atoms with Gasteiger partial charge in [0.1, 0.15) is 0 Å². The van der Waals surface area contributed by atoms with Gasteiger partial charge in [-0.05, 0) is 23.6 Å². The van der Waals surface area contributed by atoms with Gasteiger partial charge in [-0.2, -0.15) is 0 Å². The number of aromatic nitrogens is 1. The number of hydrogen-bond donors (Lipinski definition) is 2. The van der Waals surface area contributed by atoms with E-state index < -0.39 is 0 Å². The predicted molar refractivity (Wildman–Crippen MR) is 85.9 cm³/mol. The van der Waals surface area contributed by atoms with Crippen molar-refractivity contribution in [3.63, 3.8) is 0 Å². The number of amides is 1. The topological polar surface area (TPSA) is 63.2 Å². The first-order chi connectivity index (χ1) is 10.8. The van der Waals surface area contributed by atoms with Crippen molar-refractivity contribution in [1.82, 2.24) is 10.5 Å². The maximum absolute atomic E-state index is 12.2. The molecule has 0 aliphatic heterocycles. The summed E-state index contributed by atoms with van der Waals surface area (Å²) in [7, 11) is 1.41. The summed E-state index contributed by atoms with van der Waals surface area (Å²) in [5.41, 5.74) is 4.47. The molecule has 2 N–H and O–H groups in total. The van der Waals surface area contributed by atoms with E-state index in [-0.39, 0.29) is 5.91 Å². The molecule has 3 rings (SSSR count). The quantitative estimate of drug-likeness (QED) is 0.725. The number of fused-ring (bicyclic) bond motifs is 1. The van der Waals surface area contributed by atoms with Crippen LogP contribution >= 0.6 is 0 Å². The minimum Gasteiger partial charge on any atom is -0.354 e. The van der Waals surface area contributed by atoms with Gasteiger partial charge < -0.3 is 5.32 Å². The Balaban J connectivity index is 2.14. The summed E-state index contributed by atoms with van der Waals surface area (Å²) in [5.74, 6) is -0.301. The minimum atomic E-state index is -0.301. The molecule has 0 unspecified atom stereocenters. The molecule has 2 aromatic carbocycles. The molecule has 22 heavy (non-hydrogen) atoms. The van der Waals surface area contributed by atoms with Gasteiger partial charge in [-0.3, -0.25) is 14.6 Å². The van der Waals surface area contributed by atoms with Crippen LogP contribution in [0, 0.1) is 0 Å². The molecule has 0 radical (unpaired) electrons. The van der Waals surface area contributed by atoms with E-state index in [2.05, 4.69) is 15.8 Å². The normalized spacial score (nSPS) is 10.4. The summed E-state index contributed by atoms with van der Waals surface area (Å²) in [6.45, 7) is 0. The molecular weight excluding hydrogens is 278 g/mol. The lowest BCUT2D eigenvalue weighted by Gasteiger charge is -2.14. The highest BCUT2D eigenvalue weighted by atomic mass is 16.6. The molecule has 0 saturated heterocycles. The van der Waals surface area contributed by atoms with Crippen molar-refractivity contribution in [2.24, 2.45) is 0 Å². The molecule has 3 aromatic rings. The third-order valence-electron chi connectivity index (χ3n) is 3.32. The predicted octanol–water partition coefficient (Wildman–Crippen LogP) is 3.27. The van der Waals surface area contributed by atoms with E-state index in [0.29, 0.717) is 5.56 Å². The maximum atomic E-state index is 12.2. The van der Waals surface area contributed by atoms with Crippen molar-refractivity contribution in [2.75, 3.05) is 12.4 Å². The van der Waals surface area contributed by atoms with Crippen molar-refractivity contribution >= 4 is 28.1 Å². The van der Waals surface area contributed by atoms with E-state index in [9.17, 15) is 4.79 Å². The minimum absolute atomic E-state index is 0.301. The zero-order chi connectivity index (χ0) is 15.4. The summed E-state index contributed by atoms with van der Waals surface area (Å²) >= 11 is 0. The molecule has 0 spiro atoms. The fraction of sp³-hybridized carbons (Fsp3) is 0.0588. The first-order valence-corrected chi connectivity index (χ1v) is 6.81. The third-order valence-corrected chi connectivity index (χ3v) is 3.32. The highest BCUT2D eigenvalue weighted by molar-refractivity contribution is 6.09. The van der Waals surface area contributed by atoms with Gasteiger partial charge in [-0.1, -0.05) is 30.3 Å². The second kappa shape index (κ2) is 6.24. The lowest BCUT2D eigenvalue weighted by molar-refractivity contribution is 0.0538. The summed E-state index contributed by atoms with van der Waals surface area (Å²) in [5, 5.41) is 5.31. The lowest BCUT2D eigenvalue weighted by atomic mass is 10.0. The van der Waals surface area contributed by atoms with E-state index in [0.717, 1.165) is 22.1 Å². The highest BCUT2D eigenvalue weighted by Crippen LogP contribution is 2.30. The Morgan fingerprint density at radius 2 is 1.82 bits per heavy atom. The SMILES string of the molecule is CONC(=O)c1ccc2ccccc2c1Nc1ccncc1. The largest absolute Gasteiger partial charge is 0.354 e. The van der Waals surface area contributed by atoms with Crippen molar-refractivity contribution in [3.8, 4) is 0 Å². The van der Waals surface area contributed by atoms with Crippen LogP contribution in [-0.2, 0) is 4.84 Å². The first kappa shape index (κ1) is 14.0. The number of carbonyl (C=O) groups is 1. The molecule has 0 aliphatic rings. The van der Waals surface area contributed by atoms with Crippen LogP contribution in [0.4, 0.5) is 11.4 Å². The molecule has 0 atom stereocenters. The highest BCUT2D eigenvalue weighted by Gasteiger charge is 2.14. The van der Waals surface area contributed by atoms with Crippen LogP contribution in [0.25, 0.3) is 10.8 Å². The van der Waals surface area contributed by atoms with Crippen LogP contribution in [0.15, 0.2) is 60.9 Å². The molecule has 1 amide bonds. The Morgan fingerprint density at radius 1 is 1.05 bits per heavy atom. The smallest absolute Gasteiger partial charge is 0.276 e. The van der Waals surface area contributed by atoms with E-state index in [4.69, 9.17) is 4.84 Å². The Hall–Kier alpha value is -2.92. The van der Waals surface area contributed by atoms with E-state index in [1.165, 1.54) is 7.11 Å². The molecule has 0 saturated carbocycles. The van der Waals surface area contributed by atoms with Crippen molar-refractivity contribution in [1.29, 1.82) is 0 Å². The number of benzene rings is 2. The van der Waals surface area contributed by atoms with Crippen LogP contribution in [0.2, 0.25) is 0 Å². The maximum Gasteiger partial charge on any atom is 0.276 e. The zero-order valence-electron chi connectivity index (χ0n) is 12.0. The number of hydrogen-bond acceptors (Lipinski definition) is 4. The van der Waals surface area contributed by atoms with E-state index in [1.54, 1.807) is 18.5 Å². The number of hydroxylamine groups is 1. The monoisotopic (exact) mass is 293 g/mol. The van der Waals surface area contributed by atoms with Gasteiger partial charge in [0, 0.05) is 23.5 Å². The first-order valence-electron chi connectivity index (χ1n) is 6.81. The average molecular weight is 293 g/mol. The van der Waals surface area contributed by atoms with Gasteiger partial charge in [-0.25, -0.2) is 5.48 Å². The van der Waals surface area contributed by atoms with Gasteiger partial charge in [0.15, 0.2) is 0 Å². The number of rotatable bonds is 4. The lowest BCUT2D eigenvalue weighted by Crippen LogP contribution is -2.22. The van der Waals surface area contributed by atoms with Gasteiger partial charge in [0.25, 0.3) is 5.91 Å². The van der Waals surface area contributed by atoms with Gasteiger partial charge in [0.05, 0.1) is 18.4 Å². The number of pyridine rings is 1. The van der Waals surface area contributed by atoms with E-state index in [1.807, 2.05) is 42.5 Å². The van der Waals surface area contributed by atoms with Crippen LogP contribution in [0.1, 0.15) is 10.4 Å². The Morgan fingerprint density at radius 3 is 2.59 bits per heavy atom. The number of carbonyl (C=O) groups excluding carboxylic acids is 1. The van der Waals surface area contributed by atoms with Crippen LogP contribution in [0.3, 0.4) is 0 Å². The molecule has 0 fully saturated rings. The molecule has 5 heteroatoms. The standard InChI is InChI=1S/C17H15N3O2/c1-22-20-17(21)15-7-6-12-4-2-3-5-14(12)16(15)19-13-8-10-18-11-9-13/h2-11H,1H3,(H,18,19)(H,20,21). The Labute approximate surface area is 127 Å². The molecular formula is C17H15N3O2. The zero-order valence-corrected chi connectivity index (χ0v) is 12.0. The fourth-order valence-corrected chi connectivity index (χ4v) is 2.32. The molecule has 1 heterocycles. The van der Waals surface area contributed by atoms with Crippen molar-refractivity contribution < 1.29 is 9.63 Å². The fourth-order valence-electron chi connectivity index (χ4n) is 2.32. The second-order valence-corrected chi connectivity index (χ2v) is 4.71. The Kier molecular flexibility index (Phi) is 3.98. The second-order valence-electron chi connectivity index (χ2n) is 4.71. The van der Waals surface area contributed by atoms with Gasteiger partial charge in [0.2, 0.25) is 0 Å². The number of nitrogens with one attached hydrogen (secondary N) is 2. The molecule has 0 bridgehead atoms. The van der Waals surface area contributed by atoms with E-state index >= 15 is 0 Å². The van der Waals surface area contributed by atoms with Gasteiger partial charge >= 0.3 is 0 Å². The number of anilines is 2. The third kappa shape index (κ3) is 2.75. The van der Waals surface area contributed by atoms with Crippen molar-refractivity contribution in [3.05, 3.63) is 66.5 Å². The van der Waals surface area contributed by atoms with Crippen molar-refractivity contribution in [2.45, 2.75) is 0 Å². The Bertz CT molecular complexity index is 803. The molecule has 1 aromatic heterocycles. The average Bonchev–Trinajstić information content (AvgIpc) is 2.56. The summed E-state index contributed by atoms with van der Waals surface area (Å²) < 4.78 is 0. The summed E-state index contributed by atoms with van der Waals surface area (Å²) in [6, 6.07) is 15.3. The summed E-state index contributed by atoms with van der Waals surface area (Å²) in [4.78, 5) is 20.9. The van der Waals surface area contributed by atoms with Gasteiger partial charge in [-0.15, -0.1) is 0 Å². The van der Waals surface area contributed by atoms with Crippen LogP contribution < -0.4 is 10.8 Å². The molecule has 0 aliphatic carbocycles. The van der Waals surface area contributed by atoms with Crippen LogP contribution in [-0.4, -0.2) is 18.0 Å². The number of nitrogens with zero attached hydrogens (tertiary/aromatic N) is 1. The van der Waals surface area contributed by atoms with Crippen LogP contribution in [0.5, 0.6) is 0 Å². The summed E-state index contributed by atoms with van der Waals surface area (Å²) in [6.07, 6.45) is 3.39. The molecule has 5 nitrogen and oxygen atoms in total. The molecule has 110 valence electrons.